The molecule has 2 aromatic rings. The first-order valence-electron chi connectivity index (χ1n) is 5.82. The quantitative estimate of drug-likeness (QED) is 0.784. The molecule has 0 fully saturated rings. The summed E-state index contributed by atoms with van der Waals surface area (Å²) in [6, 6.07) is 11.5. The molecule has 0 saturated heterocycles. The lowest BCUT2D eigenvalue weighted by atomic mass is 9.79. The molecule has 2 nitrogen and oxygen atoms in total. The Morgan fingerprint density at radius 2 is 1.94 bits per heavy atom. The second kappa shape index (κ2) is 4.99. The summed E-state index contributed by atoms with van der Waals surface area (Å²) >= 11 is 5.80. The monoisotopic (exact) mass is 262 g/mol. The van der Waals surface area contributed by atoms with Gasteiger partial charge in [-0.25, -0.2) is 0 Å². The van der Waals surface area contributed by atoms with Crippen molar-refractivity contribution in [2.24, 2.45) is 0 Å². The van der Waals surface area contributed by atoms with Crippen molar-refractivity contribution in [3.05, 3.63) is 59.5 Å². The average Bonchev–Trinajstić information content (AvgIpc) is 2.82. The zero-order valence-electron chi connectivity index (χ0n) is 10.4. The van der Waals surface area contributed by atoms with Crippen LogP contribution in [0.4, 0.5) is 0 Å². The molecule has 0 aliphatic carbocycles. The molecule has 1 aromatic heterocycles. The van der Waals surface area contributed by atoms with Gasteiger partial charge in [-0.2, -0.15) is 0 Å². The Labute approximate surface area is 112 Å². The molecule has 0 aliphatic heterocycles. The topological polar surface area (TPSA) is 30.2 Å². The third-order valence-corrected chi connectivity index (χ3v) is 3.65. The zero-order chi connectivity index (χ0) is 13.2. The van der Waals surface area contributed by atoms with Crippen molar-refractivity contribution in [2.75, 3.05) is 0 Å². The van der Waals surface area contributed by atoms with Crippen molar-refractivity contribution in [1.82, 2.24) is 0 Å². The Hall–Kier alpha value is -1.54. The minimum atomic E-state index is -0.757. The van der Waals surface area contributed by atoms with E-state index < -0.39 is 5.41 Å². The maximum Gasteiger partial charge on any atom is 0.232 e. The molecule has 18 heavy (non-hydrogen) atoms. The summed E-state index contributed by atoms with van der Waals surface area (Å²) in [5, 5.41) is -0.372. The van der Waals surface area contributed by atoms with Gasteiger partial charge in [-0.15, -0.1) is 0 Å². The van der Waals surface area contributed by atoms with Crippen LogP contribution in [-0.2, 0) is 16.6 Å². The van der Waals surface area contributed by atoms with Crippen LogP contribution in [0.3, 0.4) is 0 Å². The summed E-state index contributed by atoms with van der Waals surface area (Å²) in [7, 11) is 0. The second-order valence-electron chi connectivity index (χ2n) is 4.73. The van der Waals surface area contributed by atoms with Gasteiger partial charge >= 0.3 is 0 Å². The summed E-state index contributed by atoms with van der Waals surface area (Å²) in [5.74, 6) is 0.757. The van der Waals surface area contributed by atoms with E-state index >= 15 is 0 Å². The van der Waals surface area contributed by atoms with Crippen molar-refractivity contribution in [3.63, 3.8) is 0 Å². The highest BCUT2D eigenvalue weighted by atomic mass is 35.5. The first-order chi connectivity index (χ1) is 8.52. The third kappa shape index (κ3) is 2.49. The van der Waals surface area contributed by atoms with Crippen LogP contribution in [0, 0.1) is 6.92 Å². The first-order valence-corrected chi connectivity index (χ1v) is 6.19. The Morgan fingerprint density at radius 3 is 2.44 bits per heavy atom. The number of furan rings is 1. The number of halogens is 1. The van der Waals surface area contributed by atoms with Crippen molar-refractivity contribution < 1.29 is 9.21 Å². The molecule has 1 aromatic carbocycles. The lowest BCUT2D eigenvalue weighted by Gasteiger charge is -2.25. The Balaban J connectivity index is 2.37. The number of benzene rings is 1. The fourth-order valence-electron chi connectivity index (χ4n) is 1.97. The van der Waals surface area contributed by atoms with E-state index in [2.05, 4.69) is 0 Å². The van der Waals surface area contributed by atoms with Gasteiger partial charge in [-0.05, 0) is 43.1 Å². The van der Waals surface area contributed by atoms with Crippen LogP contribution >= 0.6 is 11.6 Å². The molecule has 0 N–H and O–H groups in total. The normalized spacial score (nSPS) is 14.2. The van der Waals surface area contributed by atoms with Gasteiger partial charge in [0.15, 0.2) is 0 Å². The number of aryl methyl sites for hydroxylation is 1. The second-order valence-corrected chi connectivity index (χ2v) is 5.07. The van der Waals surface area contributed by atoms with Gasteiger partial charge in [0.1, 0.15) is 5.76 Å². The highest BCUT2D eigenvalue weighted by molar-refractivity contribution is 6.65. The molecule has 0 saturated carbocycles. The molecule has 0 aliphatic rings. The number of carbonyl (C=O) groups is 1. The molecule has 0 bridgehead atoms. The minimum absolute atomic E-state index is 0.372. The smallest absolute Gasteiger partial charge is 0.232 e. The lowest BCUT2D eigenvalue weighted by Crippen LogP contribution is -2.31. The molecule has 1 unspecified atom stereocenters. The van der Waals surface area contributed by atoms with Gasteiger partial charge in [0.25, 0.3) is 0 Å². The fraction of sp³-hybridized carbons (Fsp3) is 0.267. The maximum atomic E-state index is 11.8. The first kappa shape index (κ1) is 12.9. The van der Waals surface area contributed by atoms with Gasteiger partial charge in [0, 0.05) is 6.42 Å². The van der Waals surface area contributed by atoms with Gasteiger partial charge in [-0.1, -0.05) is 29.8 Å². The Kier molecular flexibility index (Phi) is 3.58. The molecule has 2 rings (SSSR count). The van der Waals surface area contributed by atoms with E-state index in [9.17, 15) is 4.79 Å². The van der Waals surface area contributed by atoms with Crippen LogP contribution < -0.4 is 0 Å². The van der Waals surface area contributed by atoms with E-state index in [1.54, 1.807) is 6.26 Å². The minimum Gasteiger partial charge on any atom is -0.469 e. The number of carbonyl (C=O) groups excluding carboxylic acids is 1. The summed E-state index contributed by atoms with van der Waals surface area (Å²) in [6.07, 6.45) is 2.06. The third-order valence-electron chi connectivity index (χ3n) is 3.23. The molecular formula is C15H15ClO2. The molecule has 0 amide bonds. The summed E-state index contributed by atoms with van der Waals surface area (Å²) < 4.78 is 5.31. The predicted molar refractivity (Wildman–Crippen MR) is 71.8 cm³/mol. The van der Waals surface area contributed by atoms with E-state index in [0.717, 1.165) is 16.9 Å². The molecule has 0 spiro atoms. The Bertz CT molecular complexity index is 528. The molecule has 1 heterocycles. The van der Waals surface area contributed by atoms with Gasteiger partial charge in [0.05, 0.1) is 11.7 Å². The van der Waals surface area contributed by atoms with Crippen LogP contribution in [-0.4, -0.2) is 5.24 Å². The molecule has 94 valence electrons. The fourth-order valence-corrected chi connectivity index (χ4v) is 2.14. The van der Waals surface area contributed by atoms with Crippen molar-refractivity contribution >= 4 is 16.8 Å². The summed E-state index contributed by atoms with van der Waals surface area (Å²) in [4.78, 5) is 11.8. The molecule has 1 atom stereocenters. The largest absolute Gasteiger partial charge is 0.469 e. The lowest BCUT2D eigenvalue weighted by molar-refractivity contribution is -0.116. The zero-order valence-corrected chi connectivity index (χ0v) is 11.2. The predicted octanol–water partition coefficient (Wildman–Crippen LogP) is 3.85. The summed E-state index contributed by atoms with van der Waals surface area (Å²) in [5.41, 5.74) is 1.30. The highest BCUT2D eigenvalue weighted by Crippen LogP contribution is 2.31. The van der Waals surface area contributed by atoms with Crippen LogP contribution in [0.2, 0.25) is 0 Å². The Morgan fingerprint density at radius 1 is 1.28 bits per heavy atom. The van der Waals surface area contributed by atoms with E-state index in [4.69, 9.17) is 16.0 Å². The number of rotatable bonds is 4. The molecule has 3 heteroatoms. The number of hydrogen-bond donors (Lipinski definition) is 0. The van der Waals surface area contributed by atoms with Crippen LogP contribution in [0.5, 0.6) is 0 Å². The summed E-state index contributed by atoms with van der Waals surface area (Å²) in [6.45, 7) is 3.85. The van der Waals surface area contributed by atoms with Crippen molar-refractivity contribution in [2.45, 2.75) is 25.7 Å². The van der Waals surface area contributed by atoms with Crippen LogP contribution in [0.25, 0.3) is 0 Å². The van der Waals surface area contributed by atoms with Gasteiger partial charge < -0.3 is 4.42 Å². The standard InChI is InChI=1S/C15H15ClO2/c1-11-5-7-12(8-6-11)15(2,14(16)17)10-13-4-3-9-18-13/h3-9H,10H2,1-2H3. The highest BCUT2D eigenvalue weighted by Gasteiger charge is 2.35. The van der Waals surface area contributed by atoms with E-state index in [-0.39, 0.29) is 5.24 Å². The number of hydrogen-bond acceptors (Lipinski definition) is 2. The van der Waals surface area contributed by atoms with Gasteiger partial charge in [-0.3, -0.25) is 4.79 Å². The van der Waals surface area contributed by atoms with Crippen LogP contribution in [0.15, 0.2) is 47.1 Å². The van der Waals surface area contributed by atoms with E-state index in [0.29, 0.717) is 6.42 Å². The van der Waals surface area contributed by atoms with Crippen molar-refractivity contribution in [3.8, 4) is 0 Å². The van der Waals surface area contributed by atoms with Crippen molar-refractivity contribution in [1.29, 1.82) is 0 Å². The molecule has 0 radical (unpaired) electrons. The average molecular weight is 263 g/mol. The van der Waals surface area contributed by atoms with Gasteiger partial charge in [0.2, 0.25) is 5.24 Å². The molecular weight excluding hydrogens is 248 g/mol. The van der Waals surface area contributed by atoms with E-state index in [1.165, 1.54) is 0 Å². The van der Waals surface area contributed by atoms with E-state index in [1.807, 2.05) is 50.2 Å². The SMILES string of the molecule is Cc1ccc(C(C)(Cc2ccco2)C(=O)Cl)cc1. The maximum absolute atomic E-state index is 11.8. The van der Waals surface area contributed by atoms with Crippen LogP contribution in [0.1, 0.15) is 23.8 Å².